The summed E-state index contributed by atoms with van der Waals surface area (Å²) in [5.41, 5.74) is 3.42. The van der Waals surface area contributed by atoms with Gasteiger partial charge in [-0.15, -0.1) is 0 Å². The molecule has 30 heavy (non-hydrogen) atoms. The first-order valence-electron chi connectivity index (χ1n) is 9.12. The third-order valence-electron chi connectivity index (χ3n) is 4.36. The van der Waals surface area contributed by atoms with Crippen molar-refractivity contribution in [1.82, 2.24) is 0 Å². The molecule has 0 aliphatic rings. The first-order valence-corrected chi connectivity index (χ1v) is 10.7. The summed E-state index contributed by atoms with van der Waals surface area (Å²) < 4.78 is 7.79. The number of hydrogen-bond acceptors (Lipinski definition) is 3. The number of nitrogens with zero attached hydrogens (tertiary/aromatic N) is 1. The van der Waals surface area contributed by atoms with Gasteiger partial charge in [-0.2, -0.15) is 5.26 Å². The number of nitriles is 1. The summed E-state index contributed by atoms with van der Waals surface area (Å²) in [6.45, 7) is 2.32. The average molecular weight is 526 g/mol. The minimum Gasteiger partial charge on any atom is -0.489 e. The highest BCUT2D eigenvalue weighted by atomic mass is 79.9. The van der Waals surface area contributed by atoms with Crippen molar-refractivity contribution in [3.8, 4) is 11.8 Å². The molecule has 0 fully saturated rings. The number of aryl methyl sites for hydroxylation is 1. The molecule has 0 saturated heterocycles. The average Bonchev–Trinajstić information content (AvgIpc) is 2.74. The number of halogens is 2. The van der Waals surface area contributed by atoms with Crippen LogP contribution in [-0.2, 0) is 11.4 Å². The van der Waals surface area contributed by atoms with E-state index in [4.69, 9.17) is 4.74 Å². The SMILES string of the molecule is Cc1ccccc1NC(=O)/C(C#N)=C\c1ccc(OCc2ccc(Br)cc2Br)cc1. The maximum absolute atomic E-state index is 12.4. The van der Waals surface area contributed by atoms with Gasteiger partial charge in [0.15, 0.2) is 0 Å². The second kappa shape index (κ2) is 10.2. The lowest BCUT2D eigenvalue weighted by molar-refractivity contribution is -0.112. The van der Waals surface area contributed by atoms with Gasteiger partial charge in [-0.3, -0.25) is 4.79 Å². The van der Waals surface area contributed by atoms with Crippen molar-refractivity contribution in [2.24, 2.45) is 0 Å². The third-order valence-corrected chi connectivity index (χ3v) is 5.59. The smallest absolute Gasteiger partial charge is 0.266 e. The summed E-state index contributed by atoms with van der Waals surface area (Å²) in [4.78, 5) is 12.4. The number of para-hydroxylation sites is 1. The fourth-order valence-electron chi connectivity index (χ4n) is 2.68. The molecule has 0 spiro atoms. The van der Waals surface area contributed by atoms with Gasteiger partial charge >= 0.3 is 0 Å². The van der Waals surface area contributed by atoms with Gasteiger partial charge in [0.1, 0.15) is 24.0 Å². The van der Waals surface area contributed by atoms with Crippen LogP contribution < -0.4 is 10.1 Å². The van der Waals surface area contributed by atoms with E-state index < -0.39 is 5.91 Å². The Bertz CT molecular complexity index is 1130. The van der Waals surface area contributed by atoms with Crippen molar-refractivity contribution >= 4 is 49.5 Å². The zero-order valence-electron chi connectivity index (χ0n) is 16.2. The molecule has 150 valence electrons. The van der Waals surface area contributed by atoms with Crippen LogP contribution in [0.5, 0.6) is 5.75 Å². The summed E-state index contributed by atoms with van der Waals surface area (Å²) in [6.07, 6.45) is 1.56. The van der Waals surface area contributed by atoms with Crippen LogP contribution in [0.15, 0.2) is 81.2 Å². The fourth-order valence-corrected chi connectivity index (χ4v) is 3.84. The van der Waals surface area contributed by atoms with E-state index in [0.717, 1.165) is 25.6 Å². The van der Waals surface area contributed by atoms with Gasteiger partial charge in [-0.1, -0.05) is 68.3 Å². The van der Waals surface area contributed by atoms with Gasteiger partial charge in [0, 0.05) is 20.2 Å². The Labute approximate surface area is 192 Å². The van der Waals surface area contributed by atoms with Crippen LogP contribution in [0.25, 0.3) is 6.08 Å². The molecule has 0 atom stereocenters. The summed E-state index contributed by atoms with van der Waals surface area (Å²) >= 11 is 6.95. The molecule has 0 aliphatic carbocycles. The number of ether oxygens (including phenoxy) is 1. The number of nitrogens with one attached hydrogen (secondary N) is 1. The second-order valence-corrected chi connectivity index (χ2v) is 8.30. The van der Waals surface area contributed by atoms with E-state index in [1.165, 1.54) is 0 Å². The Kier molecular flexibility index (Phi) is 7.45. The van der Waals surface area contributed by atoms with Crippen molar-refractivity contribution in [3.05, 3.63) is 97.9 Å². The molecule has 1 amide bonds. The van der Waals surface area contributed by atoms with Crippen LogP contribution in [-0.4, -0.2) is 5.91 Å². The highest BCUT2D eigenvalue weighted by molar-refractivity contribution is 9.11. The third kappa shape index (κ3) is 5.82. The van der Waals surface area contributed by atoms with Crippen LogP contribution >= 0.6 is 31.9 Å². The lowest BCUT2D eigenvalue weighted by atomic mass is 10.1. The van der Waals surface area contributed by atoms with Crippen molar-refractivity contribution in [2.75, 3.05) is 5.32 Å². The maximum Gasteiger partial charge on any atom is 0.266 e. The van der Waals surface area contributed by atoms with Crippen molar-refractivity contribution in [1.29, 1.82) is 5.26 Å². The monoisotopic (exact) mass is 524 g/mol. The summed E-state index contributed by atoms with van der Waals surface area (Å²) in [6, 6.07) is 22.6. The van der Waals surface area contributed by atoms with Crippen molar-refractivity contribution < 1.29 is 9.53 Å². The van der Waals surface area contributed by atoms with E-state index in [1.807, 2.05) is 73.7 Å². The molecule has 3 aromatic rings. The van der Waals surface area contributed by atoms with Crippen molar-refractivity contribution in [2.45, 2.75) is 13.5 Å². The standard InChI is InChI=1S/C24H18Br2N2O2/c1-16-4-2-3-5-23(16)28-24(29)19(14-27)12-17-6-10-21(11-7-17)30-15-18-8-9-20(25)13-22(18)26/h2-13H,15H2,1H3,(H,28,29)/b19-12-. The van der Waals surface area contributed by atoms with E-state index >= 15 is 0 Å². The molecular formula is C24H18Br2N2O2. The van der Waals surface area contributed by atoms with Crippen LogP contribution in [0, 0.1) is 18.3 Å². The van der Waals surface area contributed by atoms with E-state index in [-0.39, 0.29) is 5.57 Å². The molecule has 3 aromatic carbocycles. The van der Waals surface area contributed by atoms with E-state index in [2.05, 4.69) is 37.2 Å². The number of carbonyl (C=O) groups is 1. The molecule has 0 bridgehead atoms. The quantitative estimate of drug-likeness (QED) is 0.289. The minimum atomic E-state index is -0.438. The predicted octanol–water partition coefficient (Wildman–Crippen LogP) is 6.64. The number of rotatable bonds is 6. The van der Waals surface area contributed by atoms with Gasteiger partial charge in [0.05, 0.1) is 0 Å². The molecule has 0 aromatic heterocycles. The molecule has 1 N–H and O–H groups in total. The normalized spacial score (nSPS) is 10.9. The number of carbonyl (C=O) groups excluding carboxylic acids is 1. The fraction of sp³-hybridized carbons (Fsp3) is 0.0833. The summed E-state index contributed by atoms with van der Waals surface area (Å²) in [5, 5.41) is 12.2. The Hall–Kier alpha value is -2.88. The van der Waals surface area contributed by atoms with E-state index in [1.54, 1.807) is 12.1 Å². The van der Waals surface area contributed by atoms with Crippen molar-refractivity contribution in [3.63, 3.8) is 0 Å². The number of benzene rings is 3. The van der Waals surface area contributed by atoms with Crippen LogP contribution in [0.2, 0.25) is 0 Å². The topological polar surface area (TPSA) is 62.1 Å². The van der Waals surface area contributed by atoms with Gasteiger partial charge in [-0.05, 0) is 54.5 Å². The van der Waals surface area contributed by atoms with Gasteiger partial charge in [0.25, 0.3) is 5.91 Å². The molecule has 0 saturated carbocycles. The minimum absolute atomic E-state index is 0.0331. The molecule has 4 nitrogen and oxygen atoms in total. The lowest BCUT2D eigenvalue weighted by Gasteiger charge is -2.09. The number of anilines is 1. The molecule has 0 aliphatic heterocycles. The Morgan fingerprint density at radius 1 is 1.10 bits per heavy atom. The highest BCUT2D eigenvalue weighted by Crippen LogP contribution is 2.24. The molecule has 3 rings (SSSR count). The van der Waals surface area contributed by atoms with Crippen LogP contribution in [0.1, 0.15) is 16.7 Å². The van der Waals surface area contributed by atoms with Gasteiger partial charge in [-0.25, -0.2) is 0 Å². The lowest BCUT2D eigenvalue weighted by Crippen LogP contribution is -2.14. The number of hydrogen-bond donors (Lipinski definition) is 1. The molecule has 0 heterocycles. The summed E-state index contributed by atoms with van der Waals surface area (Å²) in [5.74, 6) is 0.261. The maximum atomic E-state index is 12.4. The number of amides is 1. The molecular weight excluding hydrogens is 508 g/mol. The predicted molar refractivity (Wildman–Crippen MR) is 126 cm³/mol. The molecule has 0 radical (unpaired) electrons. The molecule has 0 unspecified atom stereocenters. The second-order valence-electron chi connectivity index (χ2n) is 6.53. The Balaban J connectivity index is 1.66. The van der Waals surface area contributed by atoms with E-state index in [0.29, 0.717) is 18.0 Å². The summed E-state index contributed by atoms with van der Waals surface area (Å²) in [7, 11) is 0. The zero-order chi connectivity index (χ0) is 21.5. The zero-order valence-corrected chi connectivity index (χ0v) is 19.3. The highest BCUT2D eigenvalue weighted by Gasteiger charge is 2.10. The Morgan fingerprint density at radius 2 is 1.83 bits per heavy atom. The van der Waals surface area contributed by atoms with Crippen LogP contribution in [0.3, 0.4) is 0 Å². The van der Waals surface area contributed by atoms with E-state index in [9.17, 15) is 10.1 Å². The van der Waals surface area contributed by atoms with Gasteiger partial charge < -0.3 is 10.1 Å². The Morgan fingerprint density at radius 3 is 2.50 bits per heavy atom. The first kappa shape index (κ1) is 21.8. The molecule has 6 heteroatoms. The largest absolute Gasteiger partial charge is 0.489 e. The first-order chi connectivity index (χ1) is 14.5. The van der Waals surface area contributed by atoms with Gasteiger partial charge in [0.2, 0.25) is 0 Å². The van der Waals surface area contributed by atoms with Crippen LogP contribution in [0.4, 0.5) is 5.69 Å².